The van der Waals surface area contributed by atoms with Crippen molar-refractivity contribution in [3.05, 3.63) is 23.7 Å². The maximum Gasteiger partial charge on any atom is 0.287 e. The molecular formula is C15H25NO5. The zero-order valence-electron chi connectivity index (χ0n) is 13.3. The van der Waals surface area contributed by atoms with Crippen LogP contribution in [-0.2, 0) is 9.47 Å². The van der Waals surface area contributed by atoms with Crippen LogP contribution < -0.4 is 5.32 Å². The van der Waals surface area contributed by atoms with Crippen LogP contribution in [0.2, 0.25) is 0 Å². The number of rotatable bonds is 7. The van der Waals surface area contributed by atoms with E-state index < -0.39 is 6.29 Å². The van der Waals surface area contributed by atoms with Crippen molar-refractivity contribution in [2.24, 2.45) is 5.41 Å². The molecule has 1 aromatic heterocycles. The van der Waals surface area contributed by atoms with Gasteiger partial charge in [-0.25, -0.2) is 0 Å². The molecule has 0 saturated heterocycles. The summed E-state index contributed by atoms with van der Waals surface area (Å²) in [5.74, 6) is 0.216. The van der Waals surface area contributed by atoms with Gasteiger partial charge in [0.2, 0.25) is 6.29 Å². The van der Waals surface area contributed by atoms with E-state index in [1.807, 2.05) is 0 Å². The smallest absolute Gasteiger partial charge is 0.287 e. The fourth-order valence-corrected chi connectivity index (χ4v) is 2.09. The van der Waals surface area contributed by atoms with Gasteiger partial charge in [0.25, 0.3) is 5.91 Å². The number of ether oxygens (including phenoxy) is 2. The van der Waals surface area contributed by atoms with Gasteiger partial charge in [0, 0.05) is 14.2 Å². The third-order valence-corrected chi connectivity index (χ3v) is 2.93. The highest BCUT2D eigenvalue weighted by molar-refractivity contribution is 5.91. The molecule has 0 aliphatic heterocycles. The van der Waals surface area contributed by atoms with Crippen molar-refractivity contribution in [3.8, 4) is 0 Å². The molecular weight excluding hydrogens is 274 g/mol. The number of aliphatic hydroxyl groups is 1. The van der Waals surface area contributed by atoms with Crippen molar-refractivity contribution >= 4 is 5.91 Å². The van der Waals surface area contributed by atoms with Gasteiger partial charge in [0.05, 0.1) is 12.6 Å². The lowest BCUT2D eigenvalue weighted by Gasteiger charge is -2.25. The van der Waals surface area contributed by atoms with E-state index in [0.717, 1.165) is 0 Å². The predicted octanol–water partition coefficient (Wildman–Crippen LogP) is 2.10. The molecule has 1 amide bonds. The molecule has 1 unspecified atom stereocenters. The molecule has 0 spiro atoms. The number of hydrogen-bond acceptors (Lipinski definition) is 5. The number of carbonyl (C=O) groups excluding carboxylic acids is 1. The Bertz CT molecular complexity index is 445. The van der Waals surface area contributed by atoms with E-state index >= 15 is 0 Å². The molecule has 0 aromatic carbocycles. The largest absolute Gasteiger partial charge is 0.451 e. The van der Waals surface area contributed by atoms with E-state index in [1.54, 1.807) is 12.1 Å². The molecule has 0 bridgehead atoms. The molecule has 0 radical (unpaired) electrons. The molecule has 0 aliphatic carbocycles. The molecule has 0 aliphatic rings. The molecule has 6 heteroatoms. The highest BCUT2D eigenvalue weighted by Gasteiger charge is 2.23. The van der Waals surface area contributed by atoms with Gasteiger partial charge in [-0.15, -0.1) is 0 Å². The van der Waals surface area contributed by atoms with Crippen molar-refractivity contribution in [2.45, 2.75) is 39.5 Å². The van der Waals surface area contributed by atoms with E-state index in [0.29, 0.717) is 12.2 Å². The maximum atomic E-state index is 12.1. The van der Waals surface area contributed by atoms with Crippen LogP contribution in [0.4, 0.5) is 0 Å². The SMILES string of the molecule is COC(OC)c1ccc(C(=O)NC(CO)CC(C)(C)C)o1. The summed E-state index contributed by atoms with van der Waals surface area (Å²) in [5, 5.41) is 12.1. The standard InChI is InChI=1S/C15H25NO5/c1-15(2,3)8-10(9-17)16-13(18)11-6-7-12(21-11)14(19-4)20-5/h6-7,10,14,17H,8-9H2,1-5H3,(H,16,18). The van der Waals surface area contributed by atoms with Gasteiger partial charge in [-0.1, -0.05) is 20.8 Å². The van der Waals surface area contributed by atoms with Crippen LogP contribution in [-0.4, -0.2) is 37.9 Å². The zero-order valence-corrected chi connectivity index (χ0v) is 13.3. The number of aliphatic hydroxyl groups excluding tert-OH is 1. The maximum absolute atomic E-state index is 12.1. The Hall–Kier alpha value is -1.37. The van der Waals surface area contributed by atoms with Crippen LogP contribution in [0, 0.1) is 5.41 Å². The lowest BCUT2D eigenvalue weighted by Crippen LogP contribution is -2.39. The minimum atomic E-state index is -0.644. The second kappa shape index (κ2) is 7.59. The fraction of sp³-hybridized carbons (Fsp3) is 0.667. The normalized spacial score (nSPS) is 13.5. The molecule has 1 atom stereocenters. The number of hydrogen-bond donors (Lipinski definition) is 2. The lowest BCUT2D eigenvalue weighted by atomic mass is 9.88. The minimum Gasteiger partial charge on any atom is -0.451 e. The van der Waals surface area contributed by atoms with E-state index in [1.165, 1.54) is 14.2 Å². The summed E-state index contributed by atoms with van der Waals surface area (Å²) in [6, 6.07) is 2.87. The van der Waals surface area contributed by atoms with E-state index in [4.69, 9.17) is 13.9 Å². The van der Waals surface area contributed by atoms with Crippen molar-refractivity contribution in [1.29, 1.82) is 0 Å². The third-order valence-electron chi connectivity index (χ3n) is 2.93. The van der Waals surface area contributed by atoms with Gasteiger partial charge < -0.3 is 24.3 Å². The van der Waals surface area contributed by atoms with E-state index in [9.17, 15) is 9.90 Å². The Morgan fingerprint density at radius 2 is 1.95 bits per heavy atom. The van der Waals surface area contributed by atoms with Crippen LogP contribution >= 0.6 is 0 Å². The number of carbonyl (C=O) groups is 1. The van der Waals surface area contributed by atoms with Crippen LogP contribution in [0.5, 0.6) is 0 Å². The molecule has 1 rings (SSSR count). The number of amides is 1. The van der Waals surface area contributed by atoms with Crippen LogP contribution in [0.25, 0.3) is 0 Å². The fourth-order valence-electron chi connectivity index (χ4n) is 2.09. The van der Waals surface area contributed by atoms with Crippen molar-refractivity contribution < 1.29 is 23.8 Å². The highest BCUT2D eigenvalue weighted by Crippen LogP contribution is 2.22. The Morgan fingerprint density at radius 1 is 1.33 bits per heavy atom. The summed E-state index contributed by atoms with van der Waals surface area (Å²) >= 11 is 0. The molecule has 6 nitrogen and oxygen atoms in total. The van der Waals surface area contributed by atoms with Crippen molar-refractivity contribution in [2.75, 3.05) is 20.8 Å². The Labute approximate surface area is 125 Å². The van der Waals surface area contributed by atoms with Gasteiger partial charge in [-0.2, -0.15) is 0 Å². The Kier molecular flexibility index (Phi) is 6.39. The Balaban J connectivity index is 2.71. The first-order valence-electron chi connectivity index (χ1n) is 6.87. The van der Waals surface area contributed by atoms with E-state index in [-0.39, 0.29) is 29.7 Å². The van der Waals surface area contributed by atoms with Gasteiger partial charge in [-0.05, 0) is 24.0 Å². The highest BCUT2D eigenvalue weighted by atomic mass is 16.7. The summed E-state index contributed by atoms with van der Waals surface area (Å²) in [6.45, 7) is 6.03. The summed E-state index contributed by atoms with van der Waals surface area (Å²) in [7, 11) is 2.98. The average Bonchev–Trinajstić information content (AvgIpc) is 2.87. The molecule has 0 saturated carbocycles. The third kappa shape index (κ3) is 5.49. The second-order valence-corrected chi connectivity index (χ2v) is 6.12. The Morgan fingerprint density at radius 3 is 2.43 bits per heavy atom. The van der Waals surface area contributed by atoms with Gasteiger partial charge in [0.1, 0.15) is 0 Å². The summed E-state index contributed by atoms with van der Waals surface area (Å²) in [4.78, 5) is 12.1. The lowest BCUT2D eigenvalue weighted by molar-refractivity contribution is -0.118. The molecule has 1 aromatic rings. The summed E-state index contributed by atoms with van der Waals surface area (Å²) in [5.41, 5.74) is 0.00615. The molecule has 120 valence electrons. The van der Waals surface area contributed by atoms with Crippen LogP contribution in [0.1, 0.15) is 49.8 Å². The summed E-state index contributed by atoms with van der Waals surface area (Å²) in [6.07, 6.45) is 0.0245. The summed E-state index contributed by atoms with van der Waals surface area (Å²) < 4.78 is 15.5. The minimum absolute atomic E-state index is 0.00615. The van der Waals surface area contributed by atoms with Crippen molar-refractivity contribution in [3.63, 3.8) is 0 Å². The molecule has 0 fully saturated rings. The first-order valence-corrected chi connectivity index (χ1v) is 6.87. The second-order valence-electron chi connectivity index (χ2n) is 6.12. The predicted molar refractivity (Wildman–Crippen MR) is 77.9 cm³/mol. The van der Waals surface area contributed by atoms with Gasteiger partial charge in [-0.3, -0.25) is 4.79 Å². The van der Waals surface area contributed by atoms with Crippen molar-refractivity contribution in [1.82, 2.24) is 5.32 Å². The first-order chi connectivity index (χ1) is 9.80. The molecule has 1 heterocycles. The van der Waals surface area contributed by atoms with Crippen LogP contribution in [0.3, 0.4) is 0 Å². The quantitative estimate of drug-likeness (QED) is 0.754. The average molecular weight is 299 g/mol. The monoisotopic (exact) mass is 299 g/mol. The number of nitrogens with one attached hydrogen (secondary N) is 1. The van der Waals surface area contributed by atoms with Gasteiger partial charge >= 0.3 is 0 Å². The zero-order chi connectivity index (χ0) is 16.0. The molecule has 2 N–H and O–H groups in total. The van der Waals surface area contributed by atoms with E-state index in [2.05, 4.69) is 26.1 Å². The first kappa shape index (κ1) is 17.7. The van der Waals surface area contributed by atoms with Gasteiger partial charge in [0.15, 0.2) is 11.5 Å². The topological polar surface area (TPSA) is 80.9 Å². The molecule has 21 heavy (non-hydrogen) atoms. The number of furan rings is 1. The van der Waals surface area contributed by atoms with Crippen LogP contribution in [0.15, 0.2) is 16.5 Å². The number of methoxy groups -OCH3 is 2.